The van der Waals surface area contributed by atoms with Crippen molar-refractivity contribution in [1.82, 2.24) is 0 Å². The summed E-state index contributed by atoms with van der Waals surface area (Å²) in [5.74, 6) is -0.392. The van der Waals surface area contributed by atoms with Gasteiger partial charge in [0.15, 0.2) is 5.75 Å². The van der Waals surface area contributed by atoms with Gasteiger partial charge in [0.1, 0.15) is 12.4 Å². The number of nitrogens with zero attached hydrogens (tertiary/aromatic N) is 1. The molecule has 0 N–H and O–H groups in total. The monoisotopic (exact) mass is 329 g/mol. The average molecular weight is 330 g/mol. The summed E-state index contributed by atoms with van der Waals surface area (Å²) in [7, 11) is 0. The smallest absolute Gasteiger partial charge is 0.311 e. The highest BCUT2D eigenvalue weighted by Crippen LogP contribution is 2.30. The van der Waals surface area contributed by atoms with E-state index in [9.17, 15) is 14.5 Å². The molecule has 0 fully saturated rings. The highest BCUT2D eigenvalue weighted by molar-refractivity contribution is 6.30. The van der Waals surface area contributed by atoms with Crippen molar-refractivity contribution in [2.24, 2.45) is 0 Å². The molecular weight excluding hydrogens is 320 g/mol. The molecule has 2 aromatic carbocycles. The third kappa shape index (κ3) is 3.62. The highest BCUT2D eigenvalue weighted by atomic mass is 35.5. The largest absolute Gasteiger partial charge is 0.482 e. The number of hydrogen-bond donors (Lipinski definition) is 0. The molecule has 0 spiro atoms. The van der Waals surface area contributed by atoms with Crippen LogP contribution in [0.1, 0.15) is 11.1 Å². The Morgan fingerprint density at radius 2 is 2.05 bits per heavy atom. The highest BCUT2D eigenvalue weighted by Gasteiger charge is 2.17. The van der Waals surface area contributed by atoms with E-state index in [2.05, 4.69) is 0 Å². The minimum absolute atomic E-state index is 0.0249. The van der Waals surface area contributed by atoms with E-state index >= 15 is 0 Å². The summed E-state index contributed by atoms with van der Waals surface area (Å²) in [6, 6.07) is 8.88. The Morgan fingerprint density at radius 1 is 1.29 bits per heavy atom. The van der Waals surface area contributed by atoms with Crippen molar-refractivity contribution in [2.45, 2.75) is 12.5 Å². The second-order valence-electron chi connectivity index (χ2n) is 4.19. The molecule has 21 heavy (non-hydrogen) atoms. The van der Waals surface area contributed by atoms with Gasteiger partial charge in [-0.25, -0.2) is 4.39 Å². The number of benzene rings is 2. The molecule has 0 aliphatic rings. The van der Waals surface area contributed by atoms with Crippen molar-refractivity contribution in [3.8, 4) is 5.75 Å². The van der Waals surface area contributed by atoms with Crippen molar-refractivity contribution >= 4 is 28.9 Å². The van der Waals surface area contributed by atoms with Gasteiger partial charge in [-0.3, -0.25) is 10.1 Å². The lowest BCUT2D eigenvalue weighted by Crippen LogP contribution is -2.02. The van der Waals surface area contributed by atoms with E-state index in [1.807, 2.05) is 0 Å². The molecule has 0 heterocycles. The summed E-state index contributed by atoms with van der Waals surface area (Å²) in [6.45, 7) is -0.159. The molecule has 4 nitrogen and oxygen atoms in total. The van der Waals surface area contributed by atoms with Gasteiger partial charge in [0.2, 0.25) is 0 Å². The number of nitro benzene ring substituents is 1. The number of alkyl halides is 1. The summed E-state index contributed by atoms with van der Waals surface area (Å²) >= 11 is 11.3. The van der Waals surface area contributed by atoms with Crippen molar-refractivity contribution < 1.29 is 14.1 Å². The number of hydrogen-bond acceptors (Lipinski definition) is 3. The summed E-state index contributed by atoms with van der Waals surface area (Å²) in [5, 5.41) is 11.0. The first-order valence-electron chi connectivity index (χ1n) is 5.92. The zero-order chi connectivity index (χ0) is 15.4. The lowest BCUT2D eigenvalue weighted by atomic mass is 10.2. The van der Waals surface area contributed by atoms with E-state index in [-0.39, 0.29) is 34.5 Å². The van der Waals surface area contributed by atoms with Gasteiger partial charge in [-0.1, -0.05) is 29.8 Å². The van der Waals surface area contributed by atoms with Crippen molar-refractivity contribution in [2.75, 3.05) is 0 Å². The summed E-state index contributed by atoms with van der Waals surface area (Å²) < 4.78 is 19.1. The molecule has 0 unspecified atom stereocenters. The first kappa shape index (κ1) is 15.5. The zero-order valence-corrected chi connectivity index (χ0v) is 12.2. The second kappa shape index (κ2) is 6.74. The fourth-order valence-electron chi connectivity index (χ4n) is 1.73. The number of nitro groups is 1. The van der Waals surface area contributed by atoms with Crippen LogP contribution in [-0.4, -0.2) is 4.92 Å². The van der Waals surface area contributed by atoms with Crippen LogP contribution in [0.2, 0.25) is 5.02 Å². The molecule has 0 saturated carbocycles. The number of halogens is 3. The van der Waals surface area contributed by atoms with E-state index in [0.717, 1.165) is 0 Å². The normalized spacial score (nSPS) is 10.4. The van der Waals surface area contributed by atoms with Crippen LogP contribution in [-0.2, 0) is 12.5 Å². The molecule has 0 aliphatic carbocycles. The maximum absolute atomic E-state index is 13.7. The van der Waals surface area contributed by atoms with Crippen LogP contribution in [0.25, 0.3) is 0 Å². The molecule has 0 bridgehead atoms. The van der Waals surface area contributed by atoms with Crippen LogP contribution in [0.15, 0.2) is 36.4 Å². The van der Waals surface area contributed by atoms with Crippen molar-refractivity contribution in [3.63, 3.8) is 0 Å². The van der Waals surface area contributed by atoms with Crippen LogP contribution in [0.3, 0.4) is 0 Å². The van der Waals surface area contributed by atoms with E-state index in [1.54, 1.807) is 12.1 Å². The Balaban J connectivity index is 2.23. The maximum Gasteiger partial charge on any atom is 0.311 e. The van der Waals surface area contributed by atoms with Crippen LogP contribution < -0.4 is 4.74 Å². The summed E-state index contributed by atoms with van der Waals surface area (Å²) in [6.07, 6.45) is 0. The van der Waals surface area contributed by atoms with Crippen LogP contribution in [0.5, 0.6) is 5.75 Å². The molecule has 2 aromatic rings. The van der Waals surface area contributed by atoms with Gasteiger partial charge in [0.25, 0.3) is 0 Å². The molecule has 0 saturated heterocycles. The fourth-order valence-corrected chi connectivity index (χ4v) is 2.09. The van der Waals surface area contributed by atoms with Gasteiger partial charge in [-0.2, -0.15) is 0 Å². The van der Waals surface area contributed by atoms with E-state index < -0.39 is 10.7 Å². The molecule has 0 aliphatic heterocycles. The molecule has 7 heteroatoms. The second-order valence-corrected chi connectivity index (χ2v) is 4.87. The summed E-state index contributed by atoms with van der Waals surface area (Å²) in [5.41, 5.74) is 0.610. The Bertz CT molecular complexity index is 679. The SMILES string of the molecule is O=[N+]([O-])c1cc(CCl)ccc1OCc1cccc(Cl)c1F. The molecule has 0 amide bonds. The van der Waals surface area contributed by atoms with Gasteiger partial charge < -0.3 is 4.74 Å². The number of ether oxygens (including phenoxy) is 1. The number of rotatable bonds is 5. The predicted octanol–water partition coefficient (Wildman–Crippen LogP) is 4.71. The first-order valence-corrected chi connectivity index (χ1v) is 6.83. The Kier molecular flexibility index (Phi) is 4.98. The standard InChI is InChI=1S/C14H10Cl2FNO3/c15-7-9-4-5-13(12(6-9)18(19)20)21-8-10-2-1-3-11(16)14(10)17/h1-6H,7-8H2. The van der Waals surface area contributed by atoms with Gasteiger partial charge in [0.05, 0.1) is 9.95 Å². The van der Waals surface area contributed by atoms with Gasteiger partial charge in [-0.05, 0) is 17.7 Å². The van der Waals surface area contributed by atoms with E-state index in [1.165, 1.54) is 24.3 Å². The molecule has 110 valence electrons. The third-order valence-corrected chi connectivity index (χ3v) is 3.39. The lowest BCUT2D eigenvalue weighted by molar-refractivity contribution is -0.386. The first-order chi connectivity index (χ1) is 10.0. The molecule has 2 rings (SSSR count). The lowest BCUT2D eigenvalue weighted by Gasteiger charge is -2.09. The zero-order valence-electron chi connectivity index (χ0n) is 10.7. The van der Waals surface area contributed by atoms with E-state index in [0.29, 0.717) is 5.56 Å². The van der Waals surface area contributed by atoms with Gasteiger partial charge in [0, 0.05) is 17.5 Å². The Morgan fingerprint density at radius 3 is 2.71 bits per heavy atom. The topological polar surface area (TPSA) is 52.4 Å². The molecular formula is C14H10Cl2FNO3. The van der Waals surface area contributed by atoms with Crippen LogP contribution in [0, 0.1) is 15.9 Å². The minimum atomic E-state index is -0.598. The van der Waals surface area contributed by atoms with Crippen LogP contribution >= 0.6 is 23.2 Å². The minimum Gasteiger partial charge on any atom is -0.482 e. The molecule has 0 aromatic heterocycles. The van der Waals surface area contributed by atoms with Gasteiger partial charge >= 0.3 is 5.69 Å². The fraction of sp³-hybridized carbons (Fsp3) is 0.143. The third-order valence-electron chi connectivity index (χ3n) is 2.79. The average Bonchev–Trinajstić information content (AvgIpc) is 2.48. The Labute approximate surface area is 130 Å². The maximum atomic E-state index is 13.7. The van der Waals surface area contributed by atoms with Crippen molar-refractivity contribution in [1.29, 1.82) is 0 Å². The quantitative estimate of drug-likeness (QED) is 0.453. The molecule has 0 radical (unpaired) electrons. The van der Waals surface area contributed by atoms with E-state index in [4.69, 9.17) is 27.9 Å². The summed E-state index contributed by atoms with van der Waals surface area (Å²) in [4.78, 5) is 10.4. The predicted molar refractivity (Wildman–Crippen MR) is 78.4 cm³/mol. The van der Waals surface area contributed by atoms with Crippen LogP contribution in [0.4, 0.5) is 10.1 Å². The van der Waals surface area contributed by atoms with Gasteiger partial charge in [-0.15, -0.1) is 11.6 Å². The van der Waals surface area contributed by atoms with Crippen molar-refractivity contribution in [3.05, 3.63) is 68.5 Å². The Hall–Kier alpha value is -1.85. The molecule has 0 atom stereocenters.